The molecular weight excluding hydrogens is 243 g/mol. The van der Waals surface area contributed by atoms with Gasteiger partial charge < -0.3 is 14.0 Å². The zero-order valence-electron chi connectivity index (χ0n) is 12.9. The zero-order chi connectivity index (χ0) is 14.7. The lowest BCUT2D eigenvalue weighted by molar-refractivity contribution is -0.137. The molecule has 1 heterocycles. The third-order valence-electron chi connectivity index (χ3n) is 3.71. The standard InChI is InChI=1S/C14H25BO4/c1-7-8-9-17-12(16)10-11(2)15-18-13(3,4)14(5,6)19-15/h10H,7-9H2,1-6H3/b11-10+. The lowest BCUT2D eigenvalue weighted by Crippen LogP contribution is -2.41. The van der Waals surface area contributed by atoms with Gasteiger partial charge in [0.1, 0.15) is 0 Å². The first kappa shape index (κ1) is 16.2. The molecule has 0 amide bonds. The molecule has 0 atom stereocenters. The number of esters is 1. The maximum atomic E-state index is 11.6. The van der Waals surface area contributed by atoms with Crippen molar-refractivity contribution in [3.63, 3.8) is 0 Å². The summed E-state index contributed by atoms with van der Waals surface area (Å²) in [6.45, 7) is 12.3. The molecule has 0 radical (unpaired) electrons. The minimum atomic E-state index is -0.483. The van der Waals surface area contributed by atoms with Gasteiger partial charge in [0.15, 0.2) is 0 Å². The number of hydrogen-bond donors (Lipinski definition) is 0. The molecule has 5 heteroatoms. The summed E-state index contributed by atoms with van der Waals surface area (Å²) in [4.78, 5) is 11.6. The molecule has 0 bridgehead atoms. The van der Waals surface area contributed by atoms with Crippen LogP contribution in [0, 0.1) is 0 Å². The van der Waals surface area contributed by atoms with E-state index in [4.69, 9.17) is 14.0 Å². The fraction of sp³-hybridized carbons (Fsp3) is 0.786. The molecule has 0 spiro atoms. The Labute approximate surface area is 116 Å². The normalized spacial score (nSPS) is 21.6. The Morgan fingerprint density at radius 2 is 1.74 bits per heavy atom. The number of carbonyl (C=O) groups is 1. The Hall–Kier alpha value is -0.805. The molecule has 0 N–H and O–H groups in total. The maximum Gasteiger partial charge on any atom is 0.490 e. The van der Waals surface area contributed by atoms with E-state index in [0.717, 1.165) is 18.3 Å². The molecule has 1 saturated heterocycles. The smallest absolute Gasteiger partial charge is 0.463 e. The maximum absolute atomic E-state index is 11.6. The van der Waals surface area contributed by atoms with E-state index in [0.29, 0.717) is 6.61 Å². The van der Waals surface area contributed by atoms with Crippen LogP contribution in [0.4, 0.5) is 0 Å². The monoisotopic (exact) mass is 268 g/mol. The van der Waals surface area contributed by atoms with E-state index in [2.05, 4.69) is 6.92 Å². The second-order valence-electron chi connectivity index (χ2n) is 6.00. The lowest BCUT2D eigenvalue weighted by atomic mass is 9.79. The van der Waals surface area contributed by atoms with E-state index in [-0.39, 0.29) is 17.2 Å². The predicted molar refractivity (Wildman–Crippen MR) is 75.7 cm³/mol. The summed E-state index contributed by atoms with van der Waals surface area (Å²) in [5, 5.41) is 0. The fourth-order valence-corrected chi connectivity index (χ4v) is 1.64. The SMILES string of the molecule is CCCCOC(=O)/C=C(\C)B1OC(C)(C)C(C)(C)O1. The van der Waals surface area contributed by atoms with Gasteiger partial charge in [-0.3, -0.25) is 0 Å². The largest absolute Gasteiger partial charge is 0.490 e. The number of hydrogen-bond acceptors (Lipinski definition) is 4. The minimum Gasteiger partial charge on any atom is -0.463 e. The Kier molecular flexibility index (Phi) is 5.22. The van der Waals surface area contributed by atoms with Crippen LogP contribution in [-0.2, 0) is 18.8 Å². The van der Waals surface area contributed by atoms with Gasteiger partial charge in [0.05, 0.1) is 17.8 Å². The summed E-state index contributed by atoms with van der Waals surface area (Å²) in [5.74, 6) is -0.333. The van der Waals surface area contributed by atoms with E-state index in [1.54, 1.807) is 0 Å². The van der Waals surface area contributed by atoms with Gasteiger partial charge >= 0.3 is 13.1 Å². The van der Waals surface area contributed by atoms with Crippen molar-refractivity contribution in [1.82, 2.24) is 0 Å². The minimum absolute atomic E-state index is 0.333. The quantitative estimate of drug-likeness (QED) is 0.333. The molecule has 1 rings (SSSR count). The molecule has 19 heavy (non-hydrogen) atoms. The Morgan fingerprint density at radius 3 is 2.21 bits per heavy atom. The third-order valence-corrected chi connectivity index (χ3v) is 3.71. The van der Waals surface area contributed by atoms with Crippen LogP contribution in [-0.4, -0.2) is 30.9 Å². The summed E-state index contributed by atoms with van der Waals surface area (Å²) in [6, 6.07) is 0. The van der Waals surface area contributed by atoms with Gasteiger partial charge in [0.25, 0.3) is 0 Å². The van der Waals surface area contributed by atoms with Crippen molar-refractivity contribution in [2.45, 2.75) is 65.6 Å². The average Bonchev–Trinajstić information content (AvgIpc) is 2.48. The van der Waals surface area contributed by atoms with Gasteiger partial charge in [-0.1, -0.05) is 13.3 Å². The highest BCUT2D eigenvalue weighted by Crippen LogP contribution is 2.38. The number of rotatable bonds is 5. The van der Waals surface area contributed by atoms with Gasteiger partial charge in [0.2, 0.25) is 0 Å². The van der Waals surface area contributed by atoms with Crippen LogP contribution in [0.25, 0.3) is 0 Å². The molecule has 108 valence electrons. The van der Waals surface area contributed by atoms with E-state index in [9.17, 15) is 4.79 Å². The Morgan fingerprint density at radius 1 is 1.21 bits per heavy atom. The summed E-state index contributed by atoms with van der Waals surface area (Å²) >= 11 is 0. The molecular formula is C14H25BO4. The fourth-order valence-electron chi connectivity index (χ4n) is 1.64. The van der Waals surface area contributed by atoms with Gasteiger partial charge in [-0.05, 0) is 46.5 Å². The molecule has 4 nitrogen and oxygen atoms in total. The number of carbonyl (C=O) groups excluding carboxylic acids is 1. The van der Waals surface area contributed by atoms with Crippen LogP contribution in [0.1, 0.15) is 54.4 Å². The molecule has 0 aromatic heterocycles. The van der Waals surface area contributed by atoms with Crippen LogP contribution in [0.5, 0.6) is 0 Å². The van der Waals surface area contributed by atoms with Crippen LogP contribution >= 0.6 is 0 Å². The molecule has 1 fully saturated rings. The van der Waals surface area contributed by atoms with Crippen molar-refractivity contribution in [2.24, 2.45) is 0 Å². The van der Waals surface area contributed by atoms with Crippen molar-refractivity contribution in [3.8, 4) is 0 Å². The molecule has 1 aliphatic heterocycles. The molecule has 0 aromatic carbocycles. The topological polar surface area (TPSA) is 44.8 Å². The van der Waals surface area contributed by atoms with E-state index >= 15 is 0 Å². The van der Waals surface area contributed by atoms with Gasteiger partial charge in [0, 0.05) is 6.08 Å². The zero-order valence-corrected chi connectivity index (χ0v) is 12.9. The first-order valence-electron chi connectivity index (χ1n) is 6.90. The summed E-state index contributed by atoms with van der Waals surface area (Å²) < 4.78 is 16.8. The average molecular weight is 268 g/mol. The number of unbranched alkanes of at least 4 members (excludes halogenated alkanes) is 1. The molecule has 0 aromatic rings. The van der Waals surface area contributed by atoms with Crippen LogP contribution in [0.3, 0.4) is 0 Å². The number of ether oxygens (including phenoxy) is 1. The van der Waals surface area contributed by atoms with Gasteiger partial charge in [-0.15, -0.1) is 0 Å². The summed E-state index contributed by atoms with van der Waals surface area (Å²) in [5.41, 5.74) is -0.0437. The second kappa shape index (κ2) is 6.10. The van der Waals surface area contributed by atoms with Crippen molar-refractivity contribution >= 4 is 13.1 Å². The van der Waals surface area contributed by atoms with Gasteiger partial charge in [-0.2, -0.15) is 0 Å². The third kappa shape index (κ3) is 4.08. The van der Waals surface area contributed by atoms with Gasteiger partial charge in [-0.25, -0.2) is 4.79 Å². The van der Waals surface area contributed by atoms with Crippen molar-refractivity contribution < 1.29 is 18.8 Å². The Bertz CT molecular complexity index is 344. The van der Waals surface area contributed by atoms with Crippen LogP contribution in [0.15, 0.2) is 11.5 Å². The van der Waals surface area contributed by atoms with E-state index in [1.165, 1.54) is 6.08 Å². The molecule has 0 aliphatic carbocycles. The summed E-state index contributed by atoms with van der Waals surface area (Å²) in [6.07, 6.45) is 3.35. The van der Waals surface area contributed by atoms with E-state index in [1.807, 2.05) is 34.6 Å². The van der Waals surface area contributed by atoms with Crippen molar-refractivity contribution in [2.75, 3.05) is 6.61 Å². The van der Waals surface area contributed by atoms with Crippen LogP contribution in [0.2, 0.25) is 0 Å². The predicted octanol–water partition coefficient (Wildman–Crippen LogP) is 2.91. The highest BCUT2D eigenvalue weighted by Gasteiger charge is 2.51. The van der Waals surface area contributed by atoms with E-state index < -0.39 is 7.12 Å². The first-order chi connectivity index (χ1) is 8.69. The first-order valence-corrected chi connectivity index (χ1v) is 6.90. The van der Waals surface area contributed by atoms with Crippen molar-refractivity contribution in [3.05, 3.63) is 11.5 Å². The van der Waals surface area contributed by atoms with Crippen LogP contribution < -0.4 is 0 Å². The number of allylic oxidation sites excluding steroid dienone is 1. The molecule has 1 aliphatic rings. The highest BCUT2D eigenvalue weighted by molar-refractivity contribution is 6.54. The summed E-state index contributed by atoms with van der Waals surface area (Å²) in [7, 11) is -0.483. The molecule has 0 saturated carbocycles. The van der Waals surface area contributed by atoms with Crippen molar-refractivity contribution in [1.29, 1.82) is 0 Å². The highest BCUT2D eigenvalue weighted by atomic mass is 16.7. The second-order valence-corrected chi connectivity index (χ2v) is 6.00. The molecule has 0 unspecified atom stereocenters. The lowest BCUT2D eigenvalue weighted by Gasteiger charge is -2.32. The Balaban J connectivity index is 2.59.